The van der Waals surface area contributed by atoms with Gasteiger partial charge in [-0.25, -0.2) is 20.7 Å². The Hall–Kier alpha value is -5.30. The number of ether oxygens (including phenoxy) is 2. The first kappa shape index (κ1) is 36.1. The third kappa shape index (κ3) is 9.39. The summed E-state index contributed by atoms with van der Waals surface area (Å²) in [4.78, 5) is 26.9. The molecule has 0 bridgehead atoms. The molecule has 9 heteroatoms. The summed E-state index contributed by atoms with van der Waals surface area (Å²) in [5.74, 6) is 11.3. The van der Waals surface area contributed by atoms with E-state index >= 15 is 0 Å². The molecule has 272 valence electrons. The molecule has 7 rings (SSSR count). The van der Waals surface area contributed by atoms with Crippen molar-refractivity contribution in [3.05, 3.63) is 155 Å². The van der Waals surface area contributed by atoms with Gasteiger partial charge >= 0.3 is 6.03 Å². The minimum atomic E-state index is -0.122. The molecule has 2 saturated heterocycles. The SMILES string of the molecule is CC(C)N1C(=O)N(Cc2ncnc(OCc3ccccc3)c2OCc2ccccc2)CC1c1ccc(C#Cc2ccc(C[SH]3CCNCC3)cc2)cc1. The van der Waals surface area contributed by atoms with Crippen LogP contribution in [-0.4, -0.2) is 63.0 Å². The molecule has 2 aliphatic rings. The summed E-state index contributed by atoms with van der Waals surface area (Å²) in [6.07, 6.45) is 1.48. The van der Waals surface area contributed by atoms with E-state index in [2.05, 4.69) is 89.5 Å². The van der Waals surface area contributed by atoms with Crippen LogP contribution in [0.1, 0.15) is 59.0 Å². The van der Waals surface area contributed by atoms with Gasteiger partial charge in [0.15, 0.2) is 0 Å². The predicted octanol–water partition coefficient (Wildman–Crippen LogP) is 7.53. The number of carbonyl (C=O) groups excluding carboxylic acids is 1. The average molecular weight is 726 g/mol. The first-order valence-corrected chi connectivity index (χ1v) is 20.3. The molecule has 53 heavy (non-hydrogen) atoms. The second kappa shape index (κ2) is 17.5. The Morgan fingerprint density at radius 3 is 2.00 bits per heavy atom. The van der Waals surface area contributed by atoms with Crippen LogP contribution in [0.25, 0.3) is 0 Å². The predicted molar refractivity (Wildman–Crippen MR) is 213 cm³/mol. The second-order valence-corrected chi connectivity index (χ2v) is 16.3. The van der Waals surface area contributed by atoms with Crippen LogP contribution >= 0.6 is 10.9 Å². The summed E-state index contributed by atoms with van der Waals surface area (Å²) < 4.78 is 12.5. The molecule has 1 aromatic heterocycles. The van der Waals surface area contributed by atoms with Crippen LogP contribution in [0.5, 0.6) is 11.6 Å². The Labute approximate surface area is 315 Å². The van der Waals surface area contributed by atoms with Gasteiger partial charge in [-0.15, -0.1) is 0 Å². The van der Waals surface area contributed by atoms with E-state index in [1.807, 2.05) is 70.5 Å². The molecular formula is C44H47N5O3S. The molecule has 1 N–H and O–H groups in total. The maximum absolute atomic E-state index is 14.0. The summed E-state index contributed by atoms with van der Waals surface area (Å²) in [6.45, 7) is 7.83. The molecule has 4 aromatic carbocycles. The molecule has 2 aliphatic heterocycles. The number of thiol groups is 1. The lowest BCUT2D eigenvalue weighted by Crippen LogP contribution is -2.37. The summed E-state index contributed by atoms with van der Waals surface area (Å²) >= 11 is 0. The van der Waals surface area contributed by atoms with Crippen LogP contribution in [0.15, 0.2) is 116 Å². The van der Waals surface area contributed by atoms with Crippen LogP contribution in [-0.2, 0) is 25.5 Å². The Morgan fingerprint density at radius 2 is 1.38 bits per heavy atom. The van der Waals surface area contributed by atoms with Gasteiger partial charge in [-0.2, -0.15) is 4.98 Å². The Kier molecular flexibility index (Phi) is 11.9. The van der Waals surface area contributed by atoms with Crippen LogP contribution in [0.3, 0.4) is 0 Å². The van der Waals surface area contributed by atoms with E-state index in [0.717, 1.165) is 40.9 Å². The van der Waals surface area contributed by atoms with Crippen LogP contribution in [0.2, 0.25) is 0 Å². The van der Waals surface area contributed by atoms with Gasteiger partial charge in [0.05, 0.1) is 12.6 Å². The minimum absolute atomic E-state index is 0.0000637. The number of amides is 2. The van der Waals surface area contributed by atoms with Gasteiger partial charge in [-0.1, -0.05) is 96.8 Å². The fourth-order valence-corrected chi connectivity index (χ4v) is 9.01. The van der Waals surface area contributed by atoms with E-state index in [0.29, 0.717) is 37.1 Å². The number of rotatable bonds is 12. The van der Waals surface area contributed by atoms with Gasteiger partial charge in [0.1, 0.15) is 25.2 Å². The molecule has 8 nitrogen and oxygen atoms in total. The Balaban J connectivity index is 1.05. The fraction of sp³-hybridized carbons (Fsp3) is 0.295. The Bertz CT molecular complexity index is 2010. The normalized spacial score (nSPS) is 16.4. The third-order valence-corrected chi connectivity index (χ3v) is 12.1. The number of nitrogens with one attached hydrogen (secondary N) is 1. The van der Waals surface area contributed by atoms with Gasteiger partial charge < -0.3 is 24.6 Å². The van der Waals surface area contributed by atoms with Crippen LogP contribution in [0.4, 0.5) is 4.79 Å². The lowest BCUT2D eigenvalue weighted by molar-refractivity contribution is 0.171. The summed E-state index contributed by atoms with van der Waals surface area (Å²) in [7, 11) is 0.100. The summed E-state index contributed by atoms with van der Waals surface area (Å²) in [5.41, 5.74) is 7.06. The van der Waals surface area contributed by atoms with Crippen molar-refractivity contribution in [1.29, 1.82) is 0 Å². The highest BCUT2D eigenvalue weighted by molar-refractivity contribution is 8.16. The molecule has 2 amide bonds. The van der Waals surface area contributed by atoms with Crippen molar-refractivity contribution in [2.45, 2.75) is 51.4 Å². The van der Waals surface area contributed by atoms with Crippen molar-refractivity contribution in [3.63, 3.8) is 0 Å². The van der Waals surface area contributed by atoms with E-state index < -0.39 is 0 Å². The van der Waals surface area contributed by atoms with Gasteiger partial charge in [0.2, 0.25) is 5.75 Å². The number of urea groups is 1. The van der Waals surface area contributed by atoms with Crippen molar-refractivity contribution < 1.29 is 14.3 Å². The fourth-order valence-electron chi connectivity index (χ4n) is 6.79. The summed E-state index contributed by atoms with van der Waals surface area (Å²) in [6, 6.07) is 36.8. The van der Waals surface area contributed by atoms with Gasteiger partial charge in [-0.05, 0) is 71.9 Å². The van der Waals surface area contributed by atoms with Gasteiger partial charge in [-0.3, -0.25) is 0 Å². The van der Waals surface area contributed by atoms with Gasteiger partial charge in [0, 0.05) is 42.6 Å². The van der Waals surface area contributed by atoms with Gasteiger partial charge in [0.25, 0.3) is 5.88 Å². The number of nitrogens with zero attached hydrogens (tertiary/aromatic N) is 4. The largest absolute Gasteiger partial charge is 0.482 e. The van der Waals surface area contributed by atoms with Crippen molar-refractivity contribution >= 4 is 16.9 Å². The first-order chi connectivity index (χ1) is 26.0. The van der Waals surface area contributed by atoms with Crippen LogP contribution in [0, 0.1) is 11.8 Å². The molecular weight excluding hydrogens is 679 g/mol. The number of carbonyl (C=O) groups is 1. The standard InChI is InChI=1S/C44H47N5O3S/c1-33(2)49-41(39-21-19-35(20-22-39)14-13-34-15-17-38(18-16-34)31-53-25-23-45-24-26-53)28-48(44(49)50)27-40-42(51-29-36-9-5-3-6-10-36)43(47-32-46-40)52-30-37-11-7-4-8-12-37/h3-12,15-22,32-33,41,45,53H,23-31H2,1-2H3. The topological polar surface area (TPSA) is 79.8 Å². The Morgan fingerprint density at radius 1 is 0.774 bits per heavy atom. The molecule has 5 aromatic rings. The first-order valence-electron chi connectivity index (χ1n) is 18.4. The summed E-state index contributed by atoms with van der Waals surface area (Å²) in [5, 5.41) is 3.47. The number of aromatic nitrogens is 2. The highest BCUT2D eigenvalue weighted by atomic mass is 32.2. The monoisotopic (exact) mass is 725 g/mol. The zero-order chi connectivity index (χ0) is 36.4. The highest BCUT2D eigenvalue weighted by Gasteiger charge is 2.40. The highest BCUT2D eigenvalue weighted by Crippen LogP contribution is 2.36. The lowest BCUT2D eigenvalue weighted by Gasteiger charge is -2.27. The quantitative estimate of drug-likeness (QED) is 0.102. The van der Waals surface area contributed by atoms with Crippen molar-refractivity contribution in [1.82, 2.24) is 25.1 Å². The molecule has 3 heterocycles. The molecule has 0 aliphatic carbocycles. The van der Waals surface area contributed by atoms with E-state index in [9.17, 15) is 4.79 Å². The van der Waals surface area contributed by atoms with E-state index in [4.69, 9.17) is 9.47 Å². The van der Waals surface area contributed by atoms with E-state index in [-0.39, 0.29) is 35.6 Å². The molecule has 0 spiro atoms. The average Bonchev–Trinajstić information content (AvgIpc) is 3.53. The molecule has 0 saturated carbocycles. The van der Waals surface area contributed by atoms with E-state index in [1.54, 1.807) is 0 Å². The molecule has 0 radical (unpaired) electrons. The smallest absolute Gasteiger partial charge is 0.321 e. The zero-order valence-electron chi connectivity index (χ0n) is 30.4. The maximum Gasteiger partial charge on any atom is 0.321 e. The zero-order valence-corrected chi connectivity index (χ0v) is 31.3. The van der Waals surface area contributed by atoms with Crippen molar-refractivity contribution in [3.8, 4) is 23.5 Å². The van der Waals surface area contributed by atoms with Crippen molar-refractivity contribution in [2.24, 2.45) is 0 Å². The maximum atomic E-state index is 14.0. The number of hydrogen-bond acceptors (Lipinski definition) is 6. The van der Waals surface area contributed by atoms with E-state index in [1.165, 1.54) is 29.1 Å². The van der Waals surface area contributed by atoms with Crippen LogP contribution < -0.4 is 14.8 Å². The molecule has 1 atom stereocenters. The third-order valence-electron chi connectivity index (χ3n) is 9.62. The molecule has 2 fully saturated rings. The van der Waals surface area contributed by atoms with Crippen molar-refractivity contribution in [2.75, 3.05) is 31.1 Å². The lowest BCUT2D eigenvalue weighted by atomic mass is 10.0. The number of benzene rings is 4. The minimum Gasteiger partial charge on any atom is -0.482 e. The second-order valence-electron chi connectivity index (χ2n) is 13.8. The molecule has 1 unspecified atom stereocenters. The number of hydrogen-bond donors (Lipinski definition) is 2.